The van der Waals surface area contributed by atoms with Crippen LogP contribution in [0.3, 0.4) is 0 Å². The summed E-state index contributed by atoms with van der Waals surface area (Å²) >= 11 is 0. The third kappa shape index (κ3) is 4.71. The highest BCUT2D eigenvalue weighted by molar-refractivity contribution is 6.09. The van der Waals surface area contributed by atoms with Crippen molar-refractivity contribution in [3.8, 4) is 5.75 Å². The van der Waals surface area contributed by atoms with Gasteiger partial charge in [-0.2, -0.15) is 0 Å². The first-order chi connectivity index (χ1) is 14.0. The number of para-hydroxylation sites is 1. The molecule has 1 aliphatic heterocycles. The minimum Gasteiger partial charge on any atom is -0.490 e. The van der Waals surface area contributed by atoms with Gasteiger partial charge in [0.2, 0.25) is 0 Å². The van der Waals surface area contributed by atoms with Gasteiger partial charge < -0.3 is 15.0 Å². The van der Waals surface area contributed by atoms with Crippen LogP contribution in [0, 0.1) is 10.1 Å². The van der Waals surface area contributed by atoms with Crippen molar-refractivity contribution in [2.24, 2.45) is 0 Å². The summed E-state index contributed by atoms with van der Waals surface area (Å²) in [5, 5.41) is 13.9. The van der Waals surface area contributed by atoms with Crippen LogP contribution in [0.25, 0.3) is 0 Å². The molecule has 0 aliphatic carbocycles. The lowest BCUT2D eigenvalue weighted by Gasteiger charge is -2.22. The van der Waals surface area contributed by atoms with Gasteiger partial charge in [-0.25, -0.2) is 0 Å². The van der Waals surface area contributed by atoms with E-state index in [1.54, 1.807) is 24.3 Å². The normalized spacial score (nSPS) is 14.0. The first kappa shape index (κ1) is 20.3. The molecule has 1 saturated heterocycles. The lowest BCUT2D eigenvalue weighted by molar-refractivity contribution is -0.385. The number of carbonyl (C=O) groups is 2. The van der Waals surface area contributed by atoms with E-state index in [0.29, 0.717) is 24.3 Å². The maximum absolute atomic E-state index is 13.0. The molecule has 3 rings (SSSR count). The maximum atomic E-state index is 13.0. The van der Waals surface area contributed by atoms with Crippen LogP contribution in [0.15, 0.2) is 42.5 Å². The summed E-state index contributed by atoms with van der Waals surface area (Å²) in [4.78, 5) is 38.1. The molecule has 1 N–H and O–H groups in total. The van der Waals surface area contributed by atoms with E-state index in [2.05, 4.69) is 5.32 Å². The van der Waals surface area contributed by atoms with Crippen LogP contribution in [-0.2, 0) is 0 Å². The Bertz CT molecular complexity index is 920. The summed E-state index contributed by atoms with van der Waals surface area (Å²) in [6.45, 7) is 1.40. The molecule has 2 amide bonds. The molecule has 0 unspecified atom stereocenters. The van der Waals surface area contributed by atoms with E-state index in [9.17, 15) is 19.7 Å². The van der Waals surface area contributed by atoms with Crippen LogP contribution in [0.2, 0.25) is 0 Å². The standard InChI is InChI=1S/C21H23N3O5/c1-29-19-11-10-15(14-18(19)24(27)28)20(25)22-17-9-5-4-8-16(17)21(26)23-12-6-2-3-7-13-23/h4-5,8-11,14H,2-3,6-7,12-13H2,1H3,(H,22,25). The SMILES string of the molecule is COc1ccc(C(=O)Nc2ccccc2C(=O)N2CCCCCC2)cc1[N+](=O)[O-]. The van der Waals surface area contributed by atoms with Gasteiger partial charge in [0.15, 0.2) is 5.75 Å². The number of nitro benzene ring substituents is 1. The molecule has 152 valence electrons. The summed E-state index contributed by atoms with van der Waals surface area (Å²) in [7, 11) is 1.33. The molecule has 8 heteroatoms. The number of amides is 2. The number of nitro groups is 1. The van der Waals surface area contributed by atoms with Gasteiger partial charge in [0.1, 0.15) is 0 Å². The number of carbonyl (C=O) groups excluding carboxylic acids is 2. The molecule has 1 aliphatic rings. The Morgan fingerprint density at radius 3 is 2.41 bits per heavy atom. The van der Waals surface area contributed by atoms with Crippen LogP contribution < -0.4 is 10.1 Å². The van der Waals surface area contributed by atoms with Crippen molar-refractivity contribution in [1.29, 1.82) is 0 Å². The van der Waals surface area contributed by atoms with Gasteiger partial charge >= 0.3 is 5.69 Å². The van der Waals surface area contributed by atoms with Gasteiger partial charge in [0, 0.05) is 24.7 Å². The molecule has 29 heavy (non-hydrogen) atoms. The zero-order chi connectivity index (χ0) is 20.8. The van der Waals surface area contributed by atoms with Crippen LogP contribution in [-0.4, -0.2) is 41.8 Å². The summed E-state index contributed by atoms with van der Waals surface area (Å²) < 4.78 is 4.96. The molecule has 1 fully saturated rings. The minimum atomic E-state index is -0.605. The van der Waals surface area contributed by atoms with Crippen molar-refractivity contribution in [2.45, 2.75) is 25.7 Å². The molecular weight excluding hydrogens is 374 g/mol. The molecule has 8 nitrogen and oxygen atoms in total. The number of nitrogens with zero attached hydrogens (tertiary/aromatic N) is 2. The van der Waals surface area contributed by atoms with E-state index >= 15 is 0 Å². The molecule has 0 radical (unpaired) electrons. The van der Waals surface area contributed by atoms with Gasteiger partial charge in [0.25, 0.3) is 11.8 Å². The van der Waals surface area contributed by atoms with Gasteiger partial charge in [-0.3, -0.25) is 19.7 Å². The summed E-state index contributed by atoms with van der Waals surface area (Å²) in [6, 6.07) is 10.8. The summed E-state index contributed by atoms with van der Waals surface area (Å²) in [6.07, 6.45) is 4.16. The molecule has 0 spiro atoms. The molecule has 1 heterocycles. The van der Waals surface area contributed by atoms with Crippen molar-refractivity contribution in [2.75, 3.05) is 25.5 Å². The lowest BCUT2D eigenvalue weighted by Crippen LogP contribution is -2.32. The first-order valence-electron chi connectivity index (χ1n) is 9.53. The topological polar surface area (TPSA) is 102 Å². The van der Waals surface area contributed by atoms with Crippen LogP contribution in [0.5, 0.6) is 5.75 Å². The monoisotopic (exact) mass is 397 g/mol. The minimum absolute atomic E-state index is 0.0725. The second-order valence-corrected chi connectivity index (χ2v) is 6.85. The van der Waals surface area contributed by atoms with Gasteiger partial charge in [-0.1, -0.05) is 25.0 Å². The fraction of sp³-hybridized carbons (Fsp3) is 0.333. The molecule has 0 bridgehead atoms. The number of rotatable bonds is 5. The van der Waals surface area contributed by atoms with Crippen LogP contribution in [0.1, 0.15) is 46.4 Å². The van der Waals surface area contributed by atoms with Gasteiger partial charge in [-0.15, -0.1) is 0 Å². The highest BCUT2D eigenvalue weighted by atomic mass is 16.6. The van der Waals surface area contributed by atoms with Gasteiger partial charge in [-0.05, 0) is 37.1 Å². The van der Waals surface area contributed by atoms with Crippen molar-refractivity contribution < 1.29 is 19.2 Å². The third-order valence-electron chi connectivity index (χ3n) is 4.94. The highest BCUT2D eigenvalue weighted by Gasteiger charge is 2.22. The maximum Gasteiger partial charge on any atom is 0.311 e. The van der Waals surface area contributed by atoms with E-state index in [-0.39, 0.29) is 22.9 Å². The van der Waals surface area contributed by atoms with Crippen LogP contribution in [0.4, 0.5) is 11.4 Å². The number of benzene rings is 2. The fourth-order valence-electron chi connectivity index (χ4n) is 3.39. The number of methoxy groups -OCH3 is 1. The number of ether oxygens (including phenoxy) is 1. The predicted molar refractivity (Wildman–Crippen MR) is 108 cm³/mol. The fourth-order valence-corrected chi connectivity index (χ4v) is 3.39. The second-order valence-electron chi connectivity index (χ2n) is 6.85. The molecule has 0 atom stereocenters. The quantitative estimate of drug-likeness (QED) is 0.609. The van der Waals surface area contributed by atoms with Crippen molar-refractivity contribution in [1.82, 2.24) is 4.90 Å². The molecular formula is C21H23N3O5. The summed E-state index contributed by atoms with van der Waals surface area (Å²) in [5.41, 5.74) is 0.597. The Kier molecular flexibility index (Phi) is 6.43. The third-order valence-corrected chi connectivity index (χ3v) is 4.94. The van der Waals surface area contributed by atoms with E-state index in [4.69, 9.17) is 4.74 Å². The summed E-state index contributed by atoms with van der Waals surface area (Å²) in [5.74, 6) is -0.585. The number of hydrogen-bond acceptors (Lipinski definition) is 5. The van der Waals surface area contributed by atoms with Gasteiger partial charge in [0.05, 0.1) is 23.3 Å². The highest BCUT2D eigenvalue weighted by Crippen LogP contribution is 2.28. The van der Waals surface area contributed by atoms with Crippen molar-refractivity contribution in [3.05, 3.63) is 63.7 Å². The molecule has 0 saturated carbocycles. The van der Waals surface area contributed by atoms with E-state index in [1.807, 2.05) is 4.90 Å². The average molecular weight is 397 g/mol. The number of nitrogens with one attached hydrogen (secondary N) is 1. The number of hydrogen-bond donors (Lipinski definition) is 1. The average Bonchev–Trinajstić information content (AvgIpc) is 3.02. The Hall–Kier alpha value is -3.42. The first-order valence-corrected chi connectivity index (χ1v) is 9.53. The molecule has 0 aromatic heterocycles. The Labute approximate surface area is 168 Å². The Morgan fingerprint density at radius 1 is 1.07 bits per heavy atom. The van der Waals surface area contributed by atoms with E-state index in [0.717, 1.165) is 31.7 Å². The van der Waals surface area contributed by atoms with Crippen molar-refractivity contribution >= 4 is 23.2 Å². The smallest absolute Gasteiger partial charge is 0.311 e. The molecule has 2 aromatic rings. The number of anilines is 1. The Balaban J connectivity index is 1.84. The van der Waals surface area contributed by atoms with Crippen LogP contribution >= 0.6 is 0 Å². The number of likely N-dealkylation sites (tertiary alicyclic amines) is 1. The van der Waals surface area contributed by atoms with E-state index < -0.39 is 10.8 Å². The molecule has 2 aromatic carbocycles. The zero-order valence-corrected chi connectivity index (χ0v) is 16.2. The second kappa shape index (κ2) is 9.18. The largest absolute Gasteiger partial charge is 0.490 e. The zero-order valence-electron chi connectivity index (χ0n) is 16.2. The lowest BCUT2D eigenvalue weighted by atomic mass is 10.1. The predicted octanol–water partition coefficient (Wildman–Crippen LogP) is 3.87. The van der Waals surface area contributed by atoms with Crippen molar-refractivity contribution in [3.63, 3.8) is 0 Å². The van der Waals surface area contributed by atoms with E-state index in [1.165, 1.54) is 19.2 Å². The Morgan fingerprint density at radius 2 is 1.76 bits per heavy atom.